The molecule has 8 nitrogen and oxygen atoms in total. The van der Waals surface area contributed by atoms with Crippen molar-refractivity contribution in [3.63, 3.8) is 0 Å². The van der Waals surface area contributed by atoms with Gasteiger partial charge >= 0.3 is 0 Å². The van der Waals surface area contributed by atoms with E-state index in [1.807, 2.05) is 18.2 Å². The van der Waals surface area contributed by atoms with E-state index >= 15 is 0 Å². The van der Waals surface area contributed by atoms with Gasteiger partial charge in [0.1, 0.15) is 17.1 Å². The minimum Gasteiger partial charge on any atom is -0.391 e. The Morgan fingerprint density at radius 2 is 2.00 bits per heavy atom. The number of β-amino-alcohol motifs (C(OH)–C–C–N with tert-alkyl or cyclic N) is 1. The van der Waals surface area contributed by atoms with Crippen LogP contribution in [-0.2, 0) is 4.79 Å². The average Bonchev–Trinajstić information content (AvgIpc) is 3.44. The number of carbonyl (C=O) groups is 1. The van der Waals surface area contributed by atoms with Gasteiger partial charge in [0, 0.05) is 37.6 Å². The smallest absolute Gasteiger partial charge is 0.247 e. The molecule has 4 heterocycles. The number of carbonyl (C=O) groups excluding carboxylic acids is 1. The molecule has 30 heavy (non-hydrogen) atoms. The fraction of sp³-hybridized carbons (Fsp3) is 0.455. The Morgan fingerprint density at radius 1 is 1.13 bits per heavy atom. The van der Waals surface area contributed by atoms with Crippen LogP contribution >= 0.6 is 0 Å². The van der Waals surface area contributed by atoms with Crippen molar-refractivity contribution in [1.82, 2.24) is 9.97 Å². The quantitative estimate of drug-likeness (QED) is 0.788. The van der Waals surface area contributed by atoms with Crippen LogP contribution in [0.2, 0.25) is 0 Å². The van der Waals surface area contributed by atoms with Gasteiger partial charge in [0.25, 0.3) is 0 Å². The minimum atomic E-state index is -0.850. The summed E-state index contributed by atoms with van der Waals surface area (Å²) in [6.45, 7) is 2.02. The lowest BCUT2D eigenvalue weighted by atomic mass is 9.83. The minimum absolute atomic E-state index is 0.0834. The van der Waals surface area contributed by atoms with Crippen molar-refractivity contribution in [3.8, 4) is 6.07 Å². The van der Waals surface area contributed by atoms with E-state index in [4.69, 9.17) is 0 Å². The summed E-state index contributed by atoms with van der Waals surface area (Å²) in [6, 6.07) is 9.80. The second-order valence-corrected chi connectivity index (χ2v) is 8.38. The first-order valence-electron chi connectivity index (χ1n) is 10.4. The lowest BCUT2D eigenvalue weighted by Gasteiger charge is -2.21. The van der Waals surface area contributed by atoms with Crippen LogP contribution in [-0.4, -0.2) is 46.7 Å². The number of aromatic nitrogens is 2. The third kappa shape index (κ3) is 3.25. The number of nitrogens with one attached hydrogen (secondary N) is 1. The first-order valence-corrected chi connectivity index (χ1v) is 10.4. The largest absolute Gasteiger partial charge is 0.391 e. The summed E-state index contributed by atoms with van der Waals surface area (Å²) in [5, 5.41) is 22.6. The molecule has 0 spiro atoms. The van der Waals surface area contributed by atoms with E-state index in [0.29, 0.717) is 31.1 Å². The van der Waals surface area contributed by atoms with Crippen molar-refractivity contribution < 1.29 is 9.90 Å². The SMILES string of the molecule is N#C[C@@]1(C2CC2)CCN(c2ccnc(Nc3ccc(N4CC[C@H](O)C4)cn3)c2)C1=O. The molecule has 2 aromatic rings. The van der Waals surface area contributed by atoms with Gasteiger partial charge in [-0.05, 0) is 49.8 Å². The predicted octanol–water partition coefficient (Wildman–Crippen LogP) is 2.45. The zero-order valence-electron chi connectivity index (χ0n) is 16.7. The van der Waals surface area contributed by atoms with Crippen molar-refractivity contribution in [3.05, 3.63) is 36.7 Å². The van der Waals surface area contributed by atoms with Crippen LogP contribution in [0.3, 0.4) is 0 Å². The van der Waals surface area contributed by atoms with Crippen LogP contribution in [0.5, 0.6) is 0 Å². The molecular weight excluding hydrogens is 380 g/mol. The topological polar surface area (TPSA) is 105 Å². The Morgan fingerprint density at radius 3 is 2.67 bits per heavy atom. The zero-order chi connectivity index (χ0) is 20.7. The van der Waals surface area contributed by atoms with Gasteiger partial charge in [-0.1, -0.05) is 0 Å². The fourth-order valence-electron chi connectivity index (χ4n) is 4.54. The second kappa shape index (κ2) is 7.26. The van der Waals surface area contributed by atoms with E-state index in [0.717, 1.165) is 37.2 Å². The lowest BCUT2D eigenvalue weighted by molar-refractivity contribution is -0.123. The van der Waals surface area contributed by atoms with E-state index in [-0.39, 0.29) is 17.9 Å². The summed E-state index contributed by atoms with van der Waals surface area (Å²) in [5.41, 5.74) is 0.879. The molecule has 1 aliphatic carbocycles. The molecule has 0 unspecified atom stereocenters. The van der Waals surface area contributed by atoms with Gasteiger partial charge < -0.3 is 20.2 Å². The number of nitrogens with zero attached hydrogens (tertiary/aromatic N) is 5. The number of aliphatic hydroxyl groups excluding tert-OH is 1. The van der Waals surface area contributed by atoms with E-state index in [2.05, 4.69) is 26.3 Å². The number of amides is 1. The maximum absolute atomic E-state index is 13.0. The summed E-state index contributed by atoms with van der Waals surface area (Å²) in [6.07, 6.45) is 6.47. The Balaban J connectivity index is 1.30. The Kier molecular flexibility index (Phi) is 4.55. The van der Waals surface area contributed by atoms with Gasteiger partial charge in [-0.2, -0.15) is 5.26 Å². The maximum atomic E-state index is 13.0. The molecule has 0 radical (unpaired) electrons. The van der Waals surface area contributed by atoms with Crippen LogP contribution in [0.15, 0.2) is 36.7 Å². The summed E-state index contributed by atoms with van der Waals surface area (Å²) in [5.74, 6) is 1.37. The number of aliphatic hydroxyl groups is 1. The molecule has 0 aromatic carbocycles. The monoisotopic (exact) mass is 404 g/mol. The molecule has 2 N–H and O–H groups in total. The molecule has 3 aliphatic rings. The maximum Gasteiger partial charge on any atom is 0.247 e. The van der Waals surface area contributed by atoms with E-state index in [1.54, 1.807) is 23.4 Å². The molecule has 2 aromatic heterocycles. The van der Waals surface area contributed by atoms with Crippen molar-refractivity contribution in [2.45, 2.75) is 31.8 Å². The second-order valence-electron chi connectivity index (χ2n) is 8.38. The molecule has 3 fully saturated rings. The molecule has 2 atom stereocenters. The highest BCUT2D eigenvalue weighted by Gasteiger charge is 2.56. The van der Waals surface area contributed by atoms with Crippen LogP contribution in [0, 0.1) is 22.7 Å². The van der Waals surface area contributed by atoms with E-state index in [1.165, 1.54) is 0 Å². The van der Waals surface area contributed by atoms with Crippen LogP contribution in [0.4, 0.5) is 23.0 Å². The number of nitriles is 1. The molecule has 1 amide bonds. The van der Waals surface area contributed by atoms with Gasteiger partial charge in [-0.25, -0.2) is 9.97 Å². The first kappa shape index (κ1) is 18.8. The molecule has 0 bridgehead atoms. The van der Waals surface area contributed by atoms with Gasteiger partial charge in [0.15, 0.2) is 0 Å². The normalized spacial score (nSPS) is 26.1. The molecule has 2 aliphatic heterocycles. The Bertz CT molecular complexity index is 999. The van der Waals surface area contributed by atoms with Gasteiger partial charge in [0.2, 0.25) is 5.91 Å². The fourth-order valence-corrected chi connectivity index (χ4v) is 4.54. The molecular formula is C22H24N6O2. The number of hydrogen-bond acceptors (Lipinski definition) is 7. The number of rotatable bonds is 5. The number of hydrogen-bond donors (Lipinski definition) is 2. The first-order chi connectivity index (χ1) is 14.6. The van der Waals surface area contributed by atoms with E-state index < -0.39 is 5.41 Å². The third-order valence-electron chi connectivity index (χ3n) is 6.42. The van der Waals surface area contributed by atoms with Crippen LogP contribution in [0.25, 0.3) is 0 Å². The Hall–Kier alpha value is -3.18. The highest BCUT2D eigenvalue weighted by atomic mass is 16.3. The van der Waals surface area contributed by atoms with Gasteiger partial charge in [-0.3, -0.25) is 4.79 Å². The standard InChI is InChI=1S/C22H24N6O2/c23-14-22(15-1-2-15)7-10-28(21(22)30)16-5-8-24-20(11-16)26-19-4-3-17(12-25-19)27-9-6-18(29)13-27/h3-5,8,11-12,15,18,29H,1-2,6-7,9-10,13H2,(H,24,25,26)/t18-,22+/m0/s1. The summed E-state index contributed by atoms with van der Waals surface area (Å²) >= 11 is 0. The molecule has 1 saturated carbocycles. The van der Waals surface area contributed by atoms with Crippen molar-refractivity contribution in [2.24, 2.45) is 11.3 Å². The van der Waals surface area contributed by atoms with Gasteiger partial charge in [0.05, 0.1) is 24.1 Å². The summed E-state index contributed by atoms with van der Waals surface area (Å²) in [4.78, 5) is 25.7. The van der Waals surface area contributed by atoms with Gasteiger partial charge in [-0.15, -0.1) is 0 Å². The van der Waals surface area contributed by atoms with E-state index in [9.17, 15) is 15.2 Å². The highest BCUT2D eigenvalue weighted by Crippen LogP contribution is 2.51. The molecule has 154 valence electrons. The molecule has 2 saturated heterocycles. The van der Waals surface area contributed by atoms with Crippen LogP contribution in [0.1, 0.15) is 25.7 Å². The molecule has 5 rings (SSSR count). The van der Waals surface area contributed by atoms with Crippen molar-refractivity contribution >= 4 is 28.9 Å². The Labute approximate surface area is 175 Å². The van der Waals surface area contributed by atoms with Crippen molar-refractivity contribution in [2.75, 3.05) is 34.8 Å². The summed E-state index contributed by atoms with van der Waals surface area (Å²) in [7, 11) is 0. The highest BCUT2D eigenvalue weighted by molar-refractivity contribution is 6.02. The number of pyridine rings is 2. The molecule has 8 heteroatoms. The van der Waals surface area contributed by atoms with Crippen LogP contribution < -0.4 is 15.1 Å². The average molecular weight is 404 g/mol. The number of anilines is 4. The lowest BCUT2D eigenvalue weighted by Crippen LogP contribution is -2.35. The predicted molar refractivity (Wildman–Crippen MR) is 112 cm³/mol. The van der Waals surface area contributed by atoms with Crippen molar-refractivity contribution in [1.29, 1.82) is 5.26 Å². The summed E-state index contributed by atoms with van der Waals surface area (Å²) < 4.78 is 0. The zero-order valence-corrected chi connectivity index (χ0v) is 16.7. The third-order valence-corrected chi connectivity index (χ3v) is 6.42.